The fourth-order valence-corrected chi connectivity index (χ4v) is 0.115. The van der Waals surface area contributed by atoms with Crippen molar-refractivity contribution in [2.45, 2.75) is 5.02 Å². The average Bonchev–Trinajstić information content (AvgIpc) is 1.61. The van der Waals surface area contributed by atoms with Crippen LogP contribution in [-0.2, 0) is 9.88 Å². The summed E-state index contributed by atoms with van der Waals surface area (Å²) in [5.41, 5.74) is 0. The summed E-state index contributed by atoms with van der Waals surface area (Å²) in [5.74, 6) is 0. The third kappa shape index (κ3) is 5.94. The van der Waals surface area contributed by atoms with Gasteiger partial charge in [0.1, 0.15) is 0 Å². The molecule has 0 saturated heterocycles. The van der Waals surface area contributed by atoms with Crippen molar-refractivity contribution >= 4 is 23.2 Å². The van der Waals surface area contributed by atoms with E-state index in [2.05, 4.69) is 9.88 Å². The van der Waals surface area contributed by atoms with E-state index in [9.17, 15) is 0 Å². The Labute approximate surface area is 49.2 Å². The number of halogens is 2. The molecular weight excluding hydrogens is 145 g/mol. The monoisotopic (exact) mass is 145 g/mol. The average molecular weight is 146 g/mol. The van der Waals surface area contributed by atoms with Crippen LogP contribution in [0.4, 0.5) is 0 Å². The number of hydrogen-bond acceptors (Lipinski definition) is 4. The molecule has 7 heavy (non-hydrogen) atoms. The van der Waals surface area contributed by atoms with Crippen LogP contribution < -0.4 is 0 Å². The van der Waals surface area contributed by atoms with Gasteiger partial charge in [-0.2, -0.15) is 4.99 Å². The van der Waals surface area contributed by atoms with Crippen LogP contribution in [0.15, 0.2) is 5.34 Å². The largest absolute Gasteiger partial charge is 0.254 e. The fourth-order valence-electron chi connectivity index (χ4n) is 0.0501. The molecule has 0 aliphatic rings. The molecule has 0 aromatic heterocycles. The molecule has 0 heterocycles. The zero-order valence-electron chi connectivity index (χ0n) is 3.01. The zero-order valence-corrected chi connectivity index (χ0v) is 4.52. The lowest BCUT2D eigenvalue weighted by Crippen LogP contribution is -1.91. The maximum absolute atomic E-state index is 8.99. The maximum atomic E-state index is 8.99. The minimum Gasteiger partial charge on any atom is -0.178 e. The van der Waals surface area contributed by atoms with Gasteiger partial charge in [0.25, 0.3) is 5.02 Å². The summed E-state index contributed by atoms with van der Waals surface area (Å²) in [4.78, 5) is 16.1. The molecule has 0 saturated carbocycles. The predicted molar refractivity (Wildman–Crippen MR) is 23.5 cm³/mol. The van der Waals surface area contributed by atoms with Gasteiger partial charge in [-0.05, 0) is 0 Å². The molecule has 4 nitrogen and oxygen atoms in total. The molecule has 0 fully saturated rings. The van der Waals surface area contributed by atoms with Gasteiger partial charge in [0.05, 0.1) is 0 Å². The molecule has 0 radical (unpaired) electrons. The van der Waals surface area contributed by atoms with Gasteiger partial charge in [-0.1, -0.05) is 23.2 Å². The second-order valence-corrected chi connectivity index (χ2v) is 1.52. The normalized spacial score (nSPS) is 9.00. The third-order valence-corrected chi connectivity index (χ3v) is 0.292. The standard InChI is InChI=1S/CHCl2NO3/c2-1(3)6-7-4-5/h1H. The summed E-state index contributed by atoms with van der Waals surface area (Å²) in [6, 6.07) is 0. The van der Waals surface area contributed by atoms with Gasteiger partial charge in [-0.3, -0.25) is 0 Å². The number of alkyl halides is 2. The Morgan fingerprint density at radius 1 is 1.57 bits per heavy atom. The molecule has 0 atom stereocenters. The van der Waals surface area contributed by atoms with Crippen LogP contribution in [0.5, 0.6) is 0 Å². The molecule has 0 aromatic rings. The van der Waals surface area contributed by atoms with Crippen molar-refractivity contribution in [2.24, 2.45) is 5.34 Å². The Hall–Kier alpha value is -0.0600. The van der Waals surface area contributed by atoms with Crippen molar-refractivity contribution in [2.75, 3.05) is 0 Å². The van der Waals surface area contributed by atoms with Crippen LogP contribution in [-0.4, -0.2) is 5.02 Å². The van der Waals surface area contributed by atoms with Crippen molar-refractivity contribution in [3.8, 4) is 0 Å². The van der Waals surface area contributed by atoms with Gasteiger partial charge in [-0.15, -0.1) is 9.79 Å². The molecule has 42 valence electrons. The summed E-state index contributed by atoms with van der Waals surface area (Å²) >= 11 is 9.75. The highest BCUT2D eigenvalue weighted by atomic mass is 35.5. The van der Waals surface area contributed by atoms with E-state index in [1.165, 1.54) is 0 Å². The molecule has 0 aliphatic heterocycles. The van der Waals surface area contributed by atoms with Gasteiger partial charge in [0.15, 0.2) is 5.34 Å². The third-order valence-electron chi connectivity index (χ3n) is 0.146. The van der Waals surface area contributed by atoms with E-state index in [-0.39, 0.29) is 0 Å². The number of hydrogen-bond donors (Lipinski definition) is 0. The van der Waals surface area contributed by atoms with Crippen molar-refractivity contribution in [3.05, 3.63) is 4.91 Å². The first-order valence-corrected chi connectivity index (χ1v) is 2.08. The van der Waals surface area contributed by atoms with Crippen molar-refractivity contribution in [1.82, 2.24) is 0 Å². The first-order chi connectivity index (χ1) is 3.27. The summed E-state index contributed by atoms with van der Waals surface area (Å²) in [5, 5.41) is 0.666. The Morgan fingerprint density at radius 3 is 2.29 bits per heavy atom. The highest BCUT2D eigenvalue weighted by molar-refractivity contribution is 6.43. The highest BCUT2D eigenvalue weighted by Crippen LogP contribution is 2.02. The maximum Gasteiger partial charge on any atom is 0.254 e. The smallest absolute Gasteiger partial charge is 0.178 e. The van der Waals surface area contributed by atoms with Crippen molar-refractivity contribution in [1.29, 1.82) is 0 Å². The molecule has 0 spiro atoms. The molecular formula is CHCl2NO3. The van der Waals surface area contributed by atoms with E-state index >= 15 is 0 Å². The molecule has 0 N–H and O–H groups in total. The van der Waals surface area contributed by atoms with Gasteiger partial charge in [0.2, 0.25) is 0 Å². The highest BCUT2D eigenvalue weighted by Gasteiger charge is 1.96. The van der Waals surface area contributed by atoms with Gasteiger partial charge >= 0.3 is 0 Å². The van der Waals surface area contributed by atoms with Crippen LogP contribution in [0, 0.1) is 4.91 Å². The fraction of sp³-hybridized carbons (Fsp3) is 1.00. The summed E-state index contributed by atoms with van der Waals surface area (Å²) in [6.45, 7) is 0. The van der Waals surface area contributed by atoms with E-state index < -0.39 is 5.02 Å². The van der Waals surface area contributed by atoms with E-state index in [0.717, 1.165) is 0 Å². The van der Waals surface area contributed by atoms with Gasteiger partial charge < -0.3 is 0 Å². The Balaban J connectivity index is 2.81. The lowest BCUT2D eigenvalue weighted by molar-refractivity contribution is -0.293. The van der Waals surface area contributed by atoms with Crippen LogP contribution in [0.1, 0.15) is 0 Å². The second-order valence-electron chi connectivity index (χ2n) is 0.506. The van der Waals surface area contributed by atoms with E-state index in [0.29, 0.717) is 0 Å². The summed E-state index contributed by atoms with van der Waals surface area (Å²) < 4.78 is 0. The number of rotatable bonds is 3. The van der Waals surface area contributed by atoms with E-state index in [4.69, 9.17) is 28.1 Å². The Bertz CT molecular complexity index is 56.9. The Kier molecular flexibility index (Phi) is 4.07. The van der Waals surface area contributed by atoms with Crippen LogP contribution >= 0.6 is 23.2 Å². The molecule has 0 aromatic carbocycles. The van der Waals surface area contributed by atoms with Gasteiger partial charge in [-0.25, -0.2) is 0 Å². The molecule has 0 amide bonds. The lowest BCUT2D eigenvalue weighted by Gasteiger charge is -1.91. The SMILES string of the molecule is O=NOOC(Cl)Cl. The first-order valence-electron chi connectivity index (χ1n) is 1.20. The van der Waals surface area contributed by atoms with Crippen molar-refractivity contribution < 1.29 is 9.88 Å². The van der Waals surface area contributed by atoms with Crippen LogP contribution in [0.2, 0.25) is 0 Å². The number of nitrogens with zero attached hydrogens (tertiary/aromatic N) is 1. The zero-order chi connectivity index (χ0) is 5.70. The van der Waals surface area contributed by atoms with Crippen LogP contribution in [0.3, 0.4) is 0 Å². The molecule has 0 rings (SSSR count). The first kappa shape index (κ1) is 6.94. The van der Waals surface area contributed by atoms with E-state index in [1.807, 2.05) is 5.34 Å². The quantitative estimate of drug-likeness (QED) is 0.261. The predicted octanol–water partition coefficient (Wildman–Crippen LogP) is 1.38. The Morgan fingerprint density at radius 2 is 2.14 bits per heavy atom. The lowest BCUT2D eigenvalue weighted by atomic mass is 11.7. The van der Waals surface area contributed by atoms with E-state index in [1.54, 1.807) is 0 Å². The van der Waals surface area contributed by atoms with Crippen LogP contribution in [0.25, 0.3) is 0 Å². The van der Waals surface area contributed by atoms with Crippen molar-refractivity contribution in [3.63, 3.8) is 0 Å². The molecule has 0 bridgehead atoms. The minimum absolute atomic E-state index is 1.17. The summed E-state index contributed by atoms with van der Waals surface area (Å²) in [6.07, 6.45) is 0. The topological polar surface area (TPSA) is 47.9 Å². The molecule has 0 aliphatic carbocycles. The summed E-state index contributed by atoms with van der Waals surface area (Å²) in [7, 11) is 0. The molecule has 0 unspecified atom stereocenters. The second kappa shape index (κ2) is 4.11. The van der Waals surface area contributed by atoms with Gasteiger partial charge in [0, 0.05) is 0 Å². The molecule has 6 heteroatoms. The minimum atomic E-state index is -1.17.